The summed E-state index contributed by atoms with van der Waals surface area (Å²) in [5.41, 5.74) is 2.44. The van der Waals surface area contributed by atoms with Crippen molar-refractivity contribution in [2.24, 2.45) is 0 Å². The summed E-state index contributed by atoms with van der Waals surface area (Å²) >= 11 is 1.46. The number of hydrogen-bond acceptors (Lipinski definition) is 3. The third-order valence-electron chi connectivity index (χ3n) is 4.14. The van der Waals surface area contributed by atoms with Crippen LogP contribution in [0.25, 0.3) is 10.9 Å². The molecule has 2 aromatic heterocycles. The van der Waals surface area contributed by atoms with Gasteiger partial charge >= 0.3 is 0 Å². The van der Waals surface area contributed by atoms with Gasteiger partial charge in [0.1, 0.15) is 10.8 Å². The zero-order valence-corrected chi connectivity index (χ0v) is 14.2. The number of carbonyl (C=O) groups excluding carboxylic acids is 1. The summed E-state index contributed by atoms with van der Waals surface area (Å²) in [6.07, 6.45) is 3.79. The van der Waals surface area contributed by atoms with Crippen LogP contribution in [0, 0.1) is 5.82 Å². The van der Waals surface area contributed by atoms with Gasteiger partial charge in [-0.3, -0.25) is 4.79 Å². The Kier molecular flexibility index (Phi) is 4.15. The molecule has 0 aliphatic rings. The minimum absolute atomic E-state index is 0.00151. The van der Waals surface area contributed by atoms with Crippen molar-refractivity contribution >= 4 is 28.0 Å². The molecule has 0 saturated heterocycles. The molecule has 0 radical (unpaired) electrons. The number of aromatic nitrogens is 2. The van der Waals surface area contributed by atoms with Crippen LogP contribution in [0.2, 0.25) is 0 Å². The number of hydrogen-bond donors (Lipinski definition) is 0. The number of nitrogens with zero attached hydrogens (tertiary/aromatic N) is 2. The van der Waals surface area contributed by atoms with Crippen LogP contribution in [0.5, 0.6) is 0 Å². The average molecular weight is 350 g/mol. The second-order valence-electron chi connectivity index (χ2n) is 5.84. The van der Waals surface area contributed by atoms with Gasteiger partial charge in [-0.05, 0) is 23.8 Å². The van der Waals surface area contributed by atoms with Crippen molar-refractivity contribution in [3.63, 3.8) is 0 Å². The lowest BCUT2D eigenvalue weighted by atomic mass is 10.1. The van der Waals surface area contributed by atoms with Crippen LogP contribution < -0.4 is 0 Å². The Hall–Kier alpha value is -2.79. The number of thiazole rings is 1. The molecule has 0 unspecified atom stereocenters. The first kappa shape index (κ1) is 15.7. The highest BCUT2D eigenvalue weighted by Crippen LogP contribution is 2.25. The van der Waals surface area contributed by atoms with Gasteiger partial charge < -0.3 is 4.57 Å². The number of ketones is 1. The molecule has 0 amide bonds. The van der Waals surface area contributed by atoms with E-state index in [9.17, 15) is 9.18 Å². The third-order valence-corrected chi connectivity index (χ3v) is 4.92. The molecule has 4 rings (SSSR count). The molecular weight excluding hydrogens is 335 g/mol. The van der Waals surface area contributed by atoms with Gasteiger partial charge in [0, 0.05) is 35.3 Å². The maximum atomic E-state index is 13.8. The Bertz CT molecular complexity index is 1020. The summed E-state index contributed by atoms with van der Waals surface area (Å²) in [4.78, 5) is 16.9. The summed E-state index contributed by atoms with van der Waals surface area (Å²) in [6.45, 7) is 0.589. The quantitative estimate of drug-likeness (QED) is 0.489. The van der Waals surface area contributed by atoms with E-state index in [0.29, 0.717) is 12.1 Å². The van der Waals surface area contributed by atoms with E-state index >= 15 is 0 Å². The summed E-state index contributed by atoms with van der Waals surface area (Å²) in [6, 6.07) is 14.5. The molecule has 4 aromatic rings. The standard InChI is InChI=1S/C20H15FN2OS/c21-15-6-7-16-17(19(24)11-20-22-8-9-25-20)13-23(18(16)10-15)12-14-4-2-1-3-5-14/h1-10,13H,11-12H2. The lowest BCUT2D eigenvalue weighted by molar-refractivity contribution is 0.0994. The summed E-state index contributed by atoms with van der Waals surface area (Å²) in [7, 11) is 0. The van der Waals surface area contributed by atoms with Gasteiger partial charge in [-0.1, -0.05) is 30.3 Å². The van der Waals surface area contributed by atoms with Crippen molar-refractivity contribution < 1.29 is 9.18 Å². The molecule has 0 bridgehead atoms. The van der Waals surface area contributed by atoms with E-state index in [1.54, 1.807) is 12.3 Å². The molecule has 2 aromatic carbocycles. The zero-order chi connectivity index (χ0) is 17.2. The minimum Gasteiger partial charge on any atom is -0.342 e. The molecule has 0 spiro atoms. The van der Waals surface area contributed by atoms with Crippen molar-refractivity contribution in [1.82, 2.24) is 9.55 Å². The van der Waals surface area contributed by atoms with Gasteiger partial charge in [0.05, 0.1) is 11.9 Å². The highest BCUT2D eigenvalue weighted by molar-refractivity contribution is 7.09. The molecule has 0 atom stereocenters. The largest absolute Gasteiger partial charge is 0.342 e. The number of benzene rings is 2. The molecule has 0 saturated carbocycles. The second-order valence-corrected chi connectivity index (χ2v) is 6.82. The highest BCUT2D eigenvalue weighted by atomic mass is 32.1. The topological polar surface area (TPSA) is 34.9 Å². The molecule has 0 aliphatic carbocycles. The van der Waals surface area contributed by atoms with Crippen molar-refractivity contribution in [1.29, 1.82) is 0 Å². The van der Waals surface area contributed by atoms with Crippen LogP contribution in [-0.4, -0.2) is 15.3 Å². The monoisotopic (exact) mass is 350 g/mol. The Morgan fingerprint density at radius 3 is 2.76 bits per heavy atom. The van der Waals surface area contributed by atoms with Crippen LogP contribution in [0.15, 0.2) is 66.3 Å². The lowest BCUT2D eigenvalue weighted by Crippen LogP contribution is -2.03. The number of Topliss-reactive ketones (excluding diaryl/α,β-unsaturated/α-hetero) is 1. The predicted octanol–water partition coefficient (Wildman–Crippen LogP) is 4.71. The Morgan fingerprint density at radius 1 is 1.16 bits per heavy atom. The molecule has 0 fully saturated rings. The predicted molar refractivity (Wildman–Crippen MR) is 97.6 cm³/mol. The van der Waals surface area contributed by atoms with Crippen molar-refractivity contribution in [3.8, 4) is 0 Å². The average Bonchev–Trinajstić information content (AvgIpc) is 3.24. The fraction of sp³-hybridized carbons (Fsp3) is 0.100. The van der Waals surface area contributed by atoms with Crippen LogP contribution in [-0.2, 0) is 13.0 Å². The Balaban J connectivity index is 1.75. The van der Waals surface area contributed by atoms with Gasteiger partial charge in [-0.15, -0.1) is 11.3 Å². The molecule has 5 heteroatoms. The van der Waals surface area contributed by atoms with E-state index in [-0.39, 0.29) is 18.0 Å². The van der Waals surface area contributed by atoms with Crippen LogP contribution in [0.4, 0.5) is 4.39 Å². The van der Waals surface area contributed by atoms with E-state index in [1.807, 2.05) is 46.5 Å². The van der Waals surface area contributed by atoms with Gasteiger partial charge in [-0.2, -0.15) is 0 Å². The third kappa shape index (κ3) is 3.23. The fourth-order valence-electron chi connectivity index (χ4n) is 2.97. The molecule has 0 N–H and O–H groups in total. The Labute approximate surface area is 148 Å². The van der Waals surface area contributed by atoms with E-state index in [0.717, 1.165) is 21.5 Å². The molecule has 124 valence electrons. The Morgan fingerprint density at radius 2 is 2.00 bits per heavy atom. The lowest BCUT2D eigenvalue weighted by Gasteiger charge is -2.05. The summed E-state index contributed by atoms with van der Waals surface area (Å²) < 4.78 is 15.7. The molecule has 25 heavy (non-hydrogen) atoms. The van der Waals surface area contributed by atoms with Gasteiger partial charge in [0.25, 0.3) is 0 Å². The highest BCUT2D eigenvalue weighted by Gasteiger charge is 2.17. The van der Waals surface area contributed by atoms with Crippen molar-refractivity contribution in [3.05, 3.63) is 88.3 Å². The molecule has 2 heterocycles. The maximum Gasteiger partial charge on any atom is 0.171 e. The van der Waals surface area contributed by atoms with Crippen LogP contribution in [0.3, 0.4) is 0 Å². The van der Waals surface area contributed by atoms with Crippen molar-refractivity contribution in [2.75, 3.05) is 0 Å². The first-order chi connectivity index (χ1) is 12.2. The van der Waals surface area contributed by atoms with Crippen molar-refractivity contribution in [2.45, 2.75) is 13.0 Å². The molecule has 3 nitrogen and oxygen atoms in total. The van der Waals surface area contributed by atoms with Gasteiger partial charge in [0.2, 0.25) is 0 Å². The van der Waals surface area contributed by atoms with E-state index in [2.05, 4.69) is 4.98 Å². The molecular formula is C20H15FN2OS. The number of fused-ring (bicyclic) bond motifs is 1. The van der Waals surface area contributed by atoms with E-state index in [4.69, 9.17) is 0 Å². The van der Waals surface area contributed by atoms with Crippen LogP contribution in [0.1, 0.15) is 20.9 Å². The number of carbonyl (C=O) groups is 1. The second kappa shape index (κ2) is 6.61. The fourth-order valence-corrected chi connectivity index (χ4v) is 3.59. The number of rotatable bonds is 5. The maximum absolute atomic E-state index is 13.8. The van der Waals surface area contributed by atoms with E-state index < -0.39 is 0 Å². The van der Waals surface area contributed by atoms with E-state index in [1.165, 1.54) is 23.5 Å². The van der Waals surface area contributed by atoms with Gasteiger partial charge in [0.15, 0.2) is 5.78 Å². The minimum atomic E-state index is -0.307. The summed E-state index contributed by atoms with van der Waals surface area (Å²) in [5, 5.41) is 3.42. The first-order valence-corrected chi connectivity index (χ1v) is 8.82. The van der Waals surface area contributed by atoms with Gasteiger partial charge in [-0.25, -0.2) is 9.37 Å². The smallest absolute Gasteiger partial charge is 0.171 e. The first-order valence-electron chi connectivity index (χ1n) is 7.94. The summed E-state index contributed by atoms with van der Waals surface area (Å²) in [5.74, 6) is -0.308. The molecule has 0 aliphatic heterocycles. The van der Waals surface area contributed by atoms with Crippen LogP contribution >= 0.6 is 11.3 Å². The number of halogens is 1. The SMILES string of the molecule is O=C(Cc1nccs1)c1cn(Cc2ccccc2)c2cc(F)ccc12. The zero-order valence-electron chi connectivity index (χ0n) is 13.4. The normalized spacial score (nSPS) is 11.1.